The van der Waals surface area contributed by atoms with Crippen LogP contribution in [0, 0.1) is 5.41 Å². The second kappa shape index (κ2) is 7.85. The van der Waals surface area contributed by atoms with Crippen molar-refractivity contribution in [3.05, 3.63) is 71.8 Å². The Morgan fingerprint density at radius 1 is 1.16 bits per heavy atom. The number of hydrogen-bond donors (Lipinski definition) is 1. The number of aromatic nitrogens is 5. The Hall–Kier alpha value is -3.13. The summed E-state index contributed by atoms with van der Waals surface area (Å²) in [6, 6.07) is 10.5. The van der Waals surface area contributed by atoms with Gasteiger partial charge in [0.25, 0.3) is 5.91 Å². The minimum atomic E-state index is -0.0200. The molecular formula is C23H27N7O. The Labute approximate surface area is 181 Å². The van der Waals surface area contributed by atoms with E-state index >= 15 is 0 Å². The number of nitrogens with one attached hydrogen (secondary N) is 1. The monoisotopic (exact) mass is 417 g/mol. The zero-order chi connectivity index (χ0) is 21.4. The zero-order valence-corrected chi connectivity index (χ0v) is 17.9. The molecule has 0 bridgehead atoms. The Bertz CT molecular complexity index is 1040. The first-order valence-electron chi connectivity index (χ1n) is 10.8. The smallest absolute Gasteiger partial charge is 0.257 e. The lowest BCUT2D eigenvalue weighted by Crippen LogP contribution is -2.61. The van der Waals surface area contributed by atoms with Crippen LogP contribution >= 0.6 is 0 Å². The Kier molecular flexibility index (Phi) is 5.02. The quantitative estimate of drug-likeness (QED) is 0.686. The summed E-state index contributed by atoms with van der Waals surface area (Å²) in [6.07, 6.45) is 4.61. The van der Waals surface area contributed by atoms with Gasteiger partial charge in [-0.1, -0.05) is 44.2 Å². The van der Waals surface area contributed by atoms with Gasteiger partial charge >= 0.3 is 0 Å². The van der Waals surface area contributed by atoms with E-state index in [-0.39, 0.29) is 23.2 Å². The maximum atomic E-state index is 12.9. The highest BCUT2D eigenvalue weighted by Gasteiger charge is 2.56. The largest absolute Gasteiger partial charge is 0.337 e. The molecule has 2 saturated heterocycles. The first-order chi connectivity index (χ1) is 15.0. The van der Waals surface area contributed by atoms with Crippen LogP contribution in [-0.2, 0) is 6.54 Å². The second-order valence-electron chi connectivity index (χ2n) is 9.09. The van der Waals surface area contributed by atoms with E-state index in [2.05, 4.69) is 63.2 Å². The van der Waals surface area contributed by atoms with Crippen LogP contribution in [0.2, 0.25) is 0 Å². The Balaban J connectivity index is 1.37. The maximum absolute atomic E-state index is 12.9. The van der Waals surface area contributed by atoms with E-state index < -0.39 is 0 Å². The van der Waals surface area contributed by atoms with Crippen molar-refractivity contribution in [2.45, 2.75) is 32.2 Å². The molecule has 2 aliphatic rings. The molecule has 160 valence electrons. The van der Waals surface area contributed by atoms with E-state index in [0.29, 0.717) is 18.7 Å². The maximum Gasteiger partial charge on any atom is 0.257 e. The predicted molar refractivity (Wildman–Crippen MR) is 115 cm³/mol. The van der Waals surface area contributed by atoms with E-state index in [4.69, 9.17) is 4.98 Å². The minimum Gasteiger partial charge on any atom is -0.337 e. The fourth-order valence-electron chi connectivity index (χ4n) is 4.88. The summed E-state index contributed by atoms with van der Waals surface area (Å²) < 4.78 is 0. The number of H-pyrrole nitrogens is 1. The third-order valence-corrected chi connectivity index (χ3v) is 6.44. The van der Waals surface area contributed by atoms with Crippen molar-refractivity contribution in [2.75, 3.05) is 26.2 Å². The number of amides is 1. The standard InChI is InChI=1S/C23H27N7O/c1-16(2)20-26-21(28-27-20)19-11-29(10-17-6-4-3-5-7-17)12-23(19)13-30(14-23)22(31)18-8-24-15-25-9-18/h3-9,15-16,19H,10-14H2,1-2H3,(H,26,27,28). The van der Waals surface area contributed by atoms with E-state index in [1.54, 1.807) is 12.4 Å². The SMILES string of the molecule is CC(C)c1n[nH]c(C2CN(Cc3ccccc3)CC23CN(C(=O)c2cncnc2)C3)n1. The molecule has 1 unspecified atom stereocenters. The van der Waals surface area contributed by atoms with Crippen molar-refractivity contribution < 1.29 is 4.79 Å². The molecule has 3 aromatic rings. The molecule has 1 atom stereocenters. The number of carbonyl (C=O) groups is 1. The molecule has 2 aliphatic heterocycles. The molecule has 31 heavy (non-hydrogen) atoms. The fraction of sp³-hybridized carbons (Fsp3) is 0.435. The molecule has 0 aliphatic carbocycles. The number of benzene rings is 1. The van der Waals surface area contributed by atoms with Gasteiger partial charge in [-0.15, -0.1) is 0 Å². The second-order valence-corrected chi connectivity index (χ2v) is 9.09. The predicted octanol–water partition coefficient (Wildman–Crippen LogP) is 2.46. The lowest BCUT2D eigenvalue weighted by atomic mass is 9.71. The van der Waals surface area contributed by atoms with E-state index in [1.165, 1.54) is 11.9 Å². The van der Waals surface area contributed by atoms with Gasteiger partial charge in [0, 0.05) is 62.4 Å². The van der Waals surface area contributed by atoms with Gasteiger partial charge in [-0.25, -0.2) is 15.0 Å². The lowest BCUT2D eigenvalue weighted by molar-refractivity contribution is 0.00173. The molecule has 1 spiro atoms. The topological polar surface area (TPSA) is 90.9 Å². The van der Waals surface area contributed by atoms with E-state index in [9.17, 15) is 4.79 Å². The Morgan fingerprint density at radius 2 is 1.90 bits per heavy atom. The number of carbonyl (C=O) groups excluding carboxylic acids is 1. The highest BCUT2D eigenvalue weighted by Crippen LogP contribution is 2.49. The average molecular weight is 418 g/mol. The van der Waals surface area contributed by atoms with Crippen LogP contribution < -0.4 is 0 Å². The van der Waals surface area contributed by atoms with Crippen LogP contribution in [0.15, 0.2) is 49.1 Å². The van der Waals surface area contributed by atoms with Gasteiger partial charge in [-0.3, -0.25) is 14.8 Å². The average Bonchev–Trinajstić information content (AvgIpc) is 3.39. The summed E-state index contributed by atoms with van der Waals surface area (Å²) in [5, 5.41) is 7.64. The van der Waals surface area contributed by atoms with Gasteiger partial charge < -0.3 is 4.90 Å². The molecule has 1 N–H and O–H groups in total. The van der Waals surface area contributed by atoms with Crippen LogP contribution in [0.3, 0.4) is 0 Å². The molecule has 1 amide bonds. The van der Waals surface area contributed by atoms with Gasteiger partial charge in [0.15, 0.2) is 5.82 Å². The molecule has 1 aromatic carbocycles. The molecule has 0 radical (unpaired) electrons. The molecule has 5 rings (SSSR count). The first-order valence-corrected chi connectivity index (χ1v) is 10.8. The summed E-state index contributed by atoms with van der Waals surface area (Å²) in [7, 11) is 0. The fourth-order valence-corrected chi connectivity index (χ4v) is 4.88. The molecule has 0 saturated carbocycles. The van der Waals surface area contributed by atoms with Gasteiger partial charge in [-0.2, -0.15) is 5.10 Å². The summed E-state index contributed by atoms with van der Waals surface area (Å²) >= 11 is 0. The highest BCUT2D eigenvalue weighted by molar-refractivity contribution is 5.94. The summed E-state index contributed by atoms with van der Waals surface area (Å²) in [4.78, 5) is 30.0. The van der Waals surface area contributed by atoms with Gasteiger partial charge in [-0.05, 0) is 5.56 Å². The number of aromatic amines is 1. The van der Waals surface area contributed by atoms with Crippen molar-refractivity contribution in [2.24, 2.45) is 5.41 Å². The van der Waals surface area contributed by atoms with Gasteiger partial charge in [0.1, 0.15) is 12.2 Å². The van der Waals surface area contributed by atoms with Crippen LogP contribution in [-0.4, -0.2) is 67.0 Å². The van der Waals surface area contributed by atoms with Gasteiger partial charge in [0.05, 0.1) is 5.56 Å². The van der Waals surface area contributed by atoms with Crippen molar-refractivity contribution in [1.29, 1.82) is 0 Å². The highest BCUT2D eigenvalue weighted by atomic mass is 16.2. The van der Waals surface area contributed by atoms with E-state index in [1.807, 2.05) is 11.0 Å². The molecule has 2 fully saturated rings. The normalized spacial score (nSPS) is 20.4. The first kappa shape index (κ1) is 19.8. The zero-order valence-electron chi connectivity index (χ0n) is 17.9. The molecule has 8 heteroatoms. The van der Waals surface area contributed by atoms with Crippen molar-refractivity contribution in [3.63, 3.8) is 0 Å². The third kappa shape index (κ3) is 3.72. The molecular weight excluding hydrogens is 390 g/mol. The number of rotatable bonds is 5. The number of hydrogen-bond acceptors (Lipinski definition) is 6. The number of likely N-dealkylation sites (tertiary alicyclic amines) is 2. The molecule has 4 heterocycles. The van der Waals surface area contributed by atoms with E-state index in [0.717, 1.165) is 31.3 Å². The van der Waals surface area contributed by atoms with Crippen LogP contribution in [0.1, 0.15) is 53.3 Å². The molecule has 2 aromatic heterocycles. The van der Waals surface area contributed by atoms with Crippen LogP contribution in [0.4, 0.5) is 0 Å². The Morgan fingerprint density at radius 3 is 2.58 bits per heavy atom. The van der Waals surface area contributed by atoms with Crippen molar-refractivity contribution >= 4 is 5.91 Å². The van der Waals surface area contributed by atoms with Crippen LogP contribution in [0.5, 0.6) is 0 Å². The summed E-state index contributed by atoms with van der Waals surface area (Å²) in [6.45, 7) is 8.33. The molecule has 8 nitrogen and oxygen atoms in total. The summed E-state index contributed by atoms with van der Waals surface area (Å²) in [5.41, 5.74) is 1.82. The van der Waals surface area contributed by atoms with Crippen molar-refractivity contribution in [3.8, 4) is 0 Å². The third-order valence-electron chi connectivity index (χ3n) is 6.44. The lowest BCUT2D eigenvalue weighted by Gasteiger charge is -2.50. The number of nitrogens with zero attached hydrogens (tertiary/aromatic N) is 6. The van der Waals surface area contributed by atoms with Crippen LogP contribution in [0.25, 0.3) is 0 Å². The summed E-state index contributed by atoms with van der Waals surface area (Å²) in [5.74, 6) is 2.27. The van der Waals surface area contributed by atoms with Crippen molar-refractivity contribution in [1.82, 2.24) is 34.9 Å². The minimum absolute atomic E-state index is 0.00748. The van der Waals surface area contributed by atoms with Gasteiger partial charge in [0.2, 0.25) is 0 Å².